The molecule has 0 aliphatic rings. The maximum absolute atomic E-state index is 5.44. The third kappa shape index (κ3) is 3.71. The summed E-state index contributed by atoms with van der Waals surface area (Å²) in [4.78, 5) is -0.0334. The molecule has 0 amide bonds. The van der Waals surface area contributed by atoms with Crippen molar-refractivity contribution >= 4 is 31.9 Å². The van der Waals surface area contributed by atoms with E-state index < -0.39 is 0 Å². The first-order valence-corrected chi connectivity index (χ1v) is 8.00. The van der Waals surface area contributed by atoms with Gasteiger partial charge in [0.1, 0.15) is 17.2 Å². The van der Waals surface area contributed by atoms with E-state index in [4.69, 9.17) is 14.2 Å². The normalized spacial score (nSPS) is 11.9. The van der Waals surface area contributed by atoms with E-state index >= 15 is 0 Å². The van der Waals surface area contributed by atoms with Gasteiger partial charge in [-0.05, 0) is 35.9 Å². The van der Waals surface area contributed by atoms with Crippen LogP contribution in [0.25, 0.3) is 0 Å². The Morgan fingerprint density at radius 2 is 1.48 bits per heavy atom. The molecule has 0 heterocycles. The van der Waals surface area contributed by atoms with Crippen LogP contribution >= 0.6 is 31.9 Å². The molecule has 0 aliphatic carbocycles. The molecule has 21 heavy (non-hydrogen) atoms. The van der Waals surface area contributed by atoms with E-state index in [1.807, 2.05) is 36.4 Å². The first kappa shape index (κ1) is 16.2. The SMILES string of the molecule is COc1cc(OC)cc(C(Br)c2cc(Br)ccc2OC)c1. The molecule has 0 N–H and O–H groups in total. The molecule has 2 rings (SSSR count). The van der Waals surface area contributed by atoms with E-state index in [0.717, 1.165) is 32.8 Å². The van der Waals surface area contributed by atoms with Gasteiger partial charge in [-0.25, -0.2) is 0 Å². The molecule has 0 saturated carbocycles. The monoisotopic (exact) mass is 414 g/mol. The Kier molecular flexibility index (Phi) is 5.53. The second kappa shape index (κ2) is 7.18. The van der Waals surface area contributed by atoms with Crippen molar-refractivity contribution in [2.75, 3.05) is 21.3 Å². The second-order valence-corrected chi connectivity index (χ2v) is 6.23. The Balaban J connectivity index is 2.48. The fourth-order valence-corrected chi connectivity index (χ4v) is 3.06. The standard InChI is InChI=1S/C16H16Br2O3/c1-19-12-6-10(7-13(9-12)20-2)16(18)14-8-11(17)4-5-15(14)21-3/h4-9,16H,1-3H3. The third-order valence-corrected chi connectivity index (χ3v) is 4.65. The van der Waals surface area contributed by atoms with Gasteiger partial charge in [0.2, 0.25) is 0 Å². The number of benzene rings is 2. The fraction of sp³-hybridized carbons (Fsp3) is 0.250. The van der Waals surface area contributed by atoms with Gasteiger partial charge >= 0.3 is 0 Å². The van der Waals surface area contributed by atoms with Crippen LogP contribution < -0.4 is 14.2 Å². The number of alkyl halides is 1. The van der Waals surface area contributed by atoms with Gasteiger partial charge in [-0.15, -0.1) is 0 Å². The minimum Gasteiger partial charge on any atom is -0.497 e. The quantitative estimate of drug-likeness (QED) is 0.646. The smallest absolute Gasteiger partial charge is 0.123 e. The summed E-state index contributed by atoms with van der Waals surface area (Å²) in [5.41, 5.74) is 2.06. The average Bonchev–Trinajstić information content (AvgIpc) is 2.53. The Morgan fingerprint density at radius 3 is 2.00 bits per heavy atom. The second-order valence-electron chi connectivity index (χ2n) is 4.39. The molecule has 1 atom stereocenters. The average molecular weight is 416 g/mol. The van der Waals surface area contributed by atoms with Crippen LogP contribution in [0.4, 0.5) is 0 Å². The summed E-state index contributed by atoms with van der Waals surface area (Å²) in [6.07, 6.45) is 0. The number of hydrogen-bond donors (Lipinski definition) is 0. The highest BCUT2D eigenvalue weighted by Gasteiger charge is 2.17. The minimum absolute atomic E-state index is 0.0334. The van der Waals surface area contributed by atoms with Gasteiger partial charge in [-0.3, -0.25) is 0 Å². The molecule has 2 aromatic rings. The van der Waals surface area contributed by atoms with Crippen molar-refractivity contribution in [1.82, 2.24) is 0 Å². The van der Waals surface area contributed by atoms with Crippen molar-refractivity contribution in [2.45, 2.75) is 4.83 Å². The molecule has 112 valence electrons. The van der Waals surface area contributed by atoms with Gasteiger partial charge in [0, 0.05) is 16.1 Å². The summed E-state index contributed by atoms with van der Waals surface area (Å²) in [7, 11) is 4.95. The van der Waals surface area contributed by atoms with E-state index in [0.29, 0.717) is 0 Å². The largest absolute Gasteiger partial charge is 0.497 e. The lowest BCUT2D eigenvalue weighted by atomic mass is 10.0. The lowest BCUT2D eigenvalue weighted by Gasteiger charge is -2.17. The predicted molar refractivity (Wildman–Crippen MR) is 91.0 cm³/mol. The van der Waals surface area contributed by atoms with E-state index in [2.05, 4.69) is 31.9 Å². The van der Waals surface area contributed by atoms with Crippen molar-refractivity contribution in [3.8, 4) is 17.2 Å². The maximum atomic E-state index is 5.44. The van der Waals surface area contributed by atoms with Crippen LogP contribution in [0, 0.1) is 0 Å². The van der Waals surface area contributed by atoms with E-state index in [1.165, 1.54) is 0 Å². The highest BCUT2D eigenvalue weighted by Crippen LogP contribution is 2.40. The number of ether oxygens (including phenoxy) is 3. The zero-order valence-corrected chi connectivity index (χ0v) is 15.2. The van der Waals surface area contributed by atoms with Gasteiger partial charge in [0.25, 0.3) is 0 Å². The lowest BCUT2D eigenvalue weighted by Crippen LogP contribution is -1.99. The lowest BCUT2D eigenvalue weighted by molar-refractivity contribution is 0.393. The zero-order chi connectivity index (χ0) is 15.4. The summed E-state index contributed by atoms with van der Waals surface area (Å²) in [5, 5.41) is 0. The highest BCUT2D eigenvalue weighted by atomic mass is 79.9. The van der Waals surface area contributed by atoms with E-state index in [-0.39, 0.29) is 4.83 Å². The fourth-order valence-electron chi connectivity index (χ4n) is 2.06. The number of halogens is 2. The molecule has 2 aromatic carbocycles. The van der Waals surface area contributed by atoms with E-state index in [9.17, 15) is 0 Å². The molecule has 0 aromatic heterocycles. The number of rotatable bonds is 5. The highest BCUT2D eigenvalue weighted by molar-refractivity contribution is 9.10. The molecule has 3 nitrogen and oxygen atoms in total. The molecule has 0 radical (unpaired) electrons. The summed E-state index contributed by atoms with van der Waals surface area (Å²) >= 11 is 7.23. The van der Waals surface area contributed by atoms with Gasteiger partial charge in [-0.2, -0.15) is 0 Å². The number of hydrogen-bond acceptors (Lipinski definition) is 3. The minimum atomic E-state index is -0.0334. The van der Waals surface area contributed by atoms with Crippen molar-refractivity contribution in [1.29, 1.82) is 0 Å². The summed E-state index contributed by atoms with van der Waals surface area (Å²) < 4.78 is 17.1. The van der Waals surface area contributed by atoms with Crippen LogP contribution in [0.3, 0.4) is 0 Å². The molecule has 0 aliphatic heterocycles. The van der Waals surface area contributed by atoms with Crippen LogP contribution in [0.5, 0.6) is 17.2 Å². The molecule has 0 spiro atoms. The van der Waals surface area contributed by atoms with Crippen molar-refractivity contribution in [3.63, 3.8) is 0 Å². The molecule has 1 unspecified atom stereocenters. The Labute approximate surface area is 141 Å². The Morgan fingerprint density at radius 1 is 0.857 bits per heavy atom. The summed E-state index contributed by atoms with van der Waals surface area (Å²) in [6.45, 7) is 0. The molecule has 0 saturated heterocycles. The van der Waals surface area contributed by atoms with Crippen molar-refractivity contribution in [3.05, 3.63) is 52.0 Å². The zero-order valence-electron chi connectivity index (χ0n) is 12.0. The van der Waals surface area contributed by atoms with Gasteiger partial charge in [0.05, 0.1) is 26.2 Å². The number of methoxy groups -OCH3 is 3. The first-order valence-electron chi connectivity index (χ1n) is 6.29. The van der Waals surface area contributed by atoms with E-state index in [1.54, 1.807) is 21.3 Å². The van der Waals surface area contributed by atoms with Crippen LogP contribution in [0.15, 0.2) is 40.9 Å². The van der Waals surface area contributed by atoms with Gasteiger partial charge in [0.15, 0.2) is 0 Å². The van der Waals surface area contributed by atoms with Crippen LogP contribution in [0.2, 0.25) is 0 Å². The molecular formula is C16H16Br2O3. The van der Waals surface area contributed by atoms with Crippen LogP contribution in [0.1, 0.15) is 16.0 Å². The Hall–Kier alpha value is -1.20. The third-order valence-electron chi connectivity index (χ3n) is 3.13. The molecule has 0 bridgehead atoms. The first-order chi connectivity index (χ1) is 10.1. The summed E-state index contributed by atoms with van der Waals surface area (Å²) in [5.74, 6) is 2.33. The molecule has 0 fully saturated rings. The van der Waals surface area contributed by atoms with Gasteiger partial charge in [-0.1, -0.05) is 31.9 Å². The molecular weight excluding hydrogens is 400 g/mol. The van der Waals surface area contributed by atoms with Crippen LogP contribution in [-0.4, -0.2) is 21.3 Å². The molecule has 5 heteroatoms. The summed E-state index contributed by atoms with van der Waals surface area (Å²) in [6, 6.07) is 11.7. The van der Waals surface area contributed by atoms with Crippen molar-refractivity contribution in [2.24, 2.45) is 0 Å². The topological polar surface area (TPSA) is 27.7 Å². The Bertz CT molecular complexity index is 607. The van der Waals surface area contributed by atoms with Crippen molar-refractivity contribution < 1.29 is 14.2 Å². The van der Waals surface area contributed by atoms with Crippen LogP contribution in [-0.2, 0) is 0 Å². The predicted octanol–water partition coefficient (Wildman–Crippen LogP) is 4.96. The maximum Gasteiger partial charge on any atom is 0.123 e. The van der Waals surface area contributed by atoms with Gasteiger partial charge < -0.3 is 14.2 Å².